The van der Waals surface area contributed by atoms with Crippen LogP contribution in [0.15, 0.2) is 62.6 Å². The molecule has 13 heteroatoms. The third-order valence-electron chi connectivity index (χ3n) is 5.47. The smallest absolute Gasteiger partial charge is 0.291 e. The number of benzene rings is 2. The van der Waals surface area contributed by atoms with Crippen molar-refractivity contribution in [1.82, 2.24) is 14.6 Å². The molecule has 2 aromatic carbocycles. The number of primary sulfonamides is 1. The van der Waals surface area contributed by atoms with E-state index in [2.05, 4.69) is 10.1 Å². The van der Waals surface area contributed by atoms with E-state index in [0.29, 0.717) is 55.2 Å². The van der Waals surface area contributed by atoms with Gasteiger partial charge in [0.25, 0.3) is 5.56 Å². The summed E-state index contributed by atoms with van der Waals surface area (Å²) in [6.45, 7) is 0. The maximum absolute atomic E-state index is 13.0. The molecule has 0 radical (unpaired) electrons. The number of hydrogen-bond acceptors (Lipinski definition) is 10. The summed E-state index contributed by atoms with van der Waals surface area (Å²) in [7, 11) is 0.753. The van der Waals surface area contributed by atoms with Crippen molar-refractivity contribution in [3.63, 3.8) is 0 Å². The summed E-state index contributed by atoms with van der Waals surface area (Å²) in [5, 5.41) is 9.51. The van der Waals surface area contributed by atoms with E-state index < -0.39 is 10.0 Å². The number of thiazole rings is 1. The number of furan rings is 1. The number of fused-ring (bicyclic) bond motifs is 1. The number of rotatable bonds is 7. The summed E-state index contributed by atoms with van der Waals surface area (Å²) in [6.07, 6.45) is 1.60. The summed E-state index contributed by atoms with van der Waals surface area (Å²) in [5.74, 6) is 2.60. The molecular formula is C24H20N4O7S2. The Hall–Kier alpha value is -4.20. The minimum atomic E-state index is -3.78. The number of ether oxygens (including phenoxy) is 3. The average molecular weight is 541 g/mol. The standard InChI is InChI=1S/C24H20N4O7S2/c1-32-18-10-14(11-19(33-2)21(18)34-3)22-26-24-28(27-22)23(29)20(36-24)12-15-6-9-17(35-15)13-4-7-16(8-5-13)37(25,30)31/h4-12H,1-3H3,(H2,25,30,31). The zero-order chi connectivity index (χ0) is 26.3. The Bertz CT molecular complexity index is 1810. The van der Waals surface area contributed by atoms with Crippen molar-refractivity contribution < 1.29 is 27.0 Å². The van der Waals surface area contributed by atoms with Crippen molar-refractivity contribution in [3.05, 3.63) is 69.2 Å². The highest BCUT2D eigenvalue weighted by Gasteiger charge is 2.18. The van der Waals surface area contributed by atoms with Crippen molar-refractivity contribution in [2.75, 3.05) is 21.3 Å². The van der Waals surface area contributed by atoms with E-state index >= 15 is 0 Å². The first kappa shape index (κ1) is 24.5. The summed E-state index contributed by atoms with van der Waals surface area (Å²) in [4.78, 5) is 17.9. The third-order valence-corrected chi connectivity index (χ3v) is 7.36. The van der Waals surface area contributed by atoms with E-state index in [0.717, 1.165) is 0 Å². The highest BCUT2D eigenvalue weighted by Crippen LogP contribution is 2.40. The van der Waals surface area contributed by atoms with Crippen molar-refractivity contribution >= 4 is 32.4 Å². The Morgan fingerprint density at radius 3 is 2.22 bits per heavy atom. The largest absolute Gasteiger partial charge is 0.493 e. The Balaban J connectivity index is 1.48. The second kappa shape index (κ2) is 9.35. The van der Waals surface area contributed by atoms with Crippen LogP contribution in [0.2, 0.25) is 0 Å². The Labute approximate surface area is 214 Å². The molecule has 0 spiro atoms. The lowest BCUT2D eigenvalue weighted by Crippen LogP contribution is -2.23. The van der Waals surface area contributed by atoms with Gasteiger partial charge >= 0.3 is 0 Å². The normalized spacial score (nSPS) is 12.3. The minimum Gasteiger partial charge on any atom is -0.493 e. The molecule has 190 valence electrons. The summed E-state index contributed by atoms with van der Waals surface area (Å²) < 4.78 is 46.5. The zero-order valence-corrected chi connectivity index (χ0v) is 21.4. The van der Waals surface area contributed by atoms with Gasteiger partial charge in [0.15, 0.2) is 17.3 Å². The number of hydrogen-bond donors (Lipinski definition) is 1. The first-order valence-electron chi connectivity index (χ1n) is 10.7. The molecule has 0 bridgehead atoms. The lowest BCUT2D eigenvalue weighted by molar-refractivity contribution is 0.324. The highest BCUT2D eigenvalue weighted by molar-refractivity contribution is 7.89. The molecule has 3 aromatic heterocycles. The monoisotopic (exact) mass is 540 g/mol. The van der Waals surface area contributed by atoms with Crippen LogP contribution in [0.5, 0.6) is 17.2 Å². The fourth-order valence-corrected chi connectivity index (χ4v) is 5.09. The van der Waals surface area contributed by atoms with Crippen LogP contribution in [0.3, 0.4) is 0 Å². The van der Waals surface area contributed by atoms with Crippen molar-refractivity contribution in [2.24, 2.45) is 5.14 Å². The Morgan fingerprint density at radius 2 is 1.65 bits per heavy atom. The molecule has 0 fully saturated rings. The Kier molecular flexibility index (Phi) is 6.19. The van der Waals surface area contributed by atoms with Crippen molar-refractivity contribution in [3.8, 4) is 40.0 Å². The highest BCUT2D eigenvalue weighted by atomic mass is 32.2. The van der Waals surface area contributed by atoms with E-state index in [-0.39, 0.29) is 10.5 Å². The van der Waals surface area contributed by atoms with Crippen LogP contribution in [-0.4, -0.2) is 44.3 Å². The van der Waals surface area contributed by atoms with Crippen LogP contribution in [0.1, 0.15) is 5.76 Å². The molecule has 0 unspecified atom stereocenters. The van der Waals surface area contributed by atoms with Crippen LogP contribution < -0.4 is 29.4 Å². The second-order valence-corrected chi connectivity index (χ2v) is 10.3. The maximum Gasteiger partial charge on any atom is 0.291 e. The van der Waals surface area contributed by atoms with Crippen LogP contribution in [0.4, 0.5) is 0 Å². The van der Waals surface area contributed by atoms with Crippen LogP contribution >= 0.6 is 11.3 Å². The van der Waals surface area contributed by atoms with E-state index in [1.54, 1.807) is 42.5 Å². The second-order valence-electron chi connectivity index (χ2n) is 7.73. The van der Waals surface area contributed by atoms with Gasteiger partial charge in [-0.05, 0) is 48.5 Å². The van der Waals surface area contributed by atoms with E-state index in [4.69, 9.17) is 23.8 Å². The van der Waals surface area contributed by atoms with Gasteiger partial charge in [-0.15, -0.1) is 5.10 Å². The fraction of sp³-hybridized carbons (Fsp3) is 0.125. The molecule has 0 aliphatic heterocycles. The maximum atomic E-state index is 13.0. The van der Waals surface area contributed by atoms with Crippen LogP contribution in [0.25, 0.3) is 33.7 Å². The molecule has 0 atom stereocenters. The van der Waals surface area contributed by atoms with Gasteiger partial charge in [-0.1, -0.05) is 11.3 Å². The summed E-state index contributed by atoms with van der Waals surface area (Å²) >= 11 is 1.17. The molecule has 0 aliphatic rings. The quantitative estimate of drug-likeness (QED) is 0.328. The van der Waals surface area contributed by atoms with Gasteiger partial charge < -0.3 is 18.6 Å². The van der Waals surface area contributed by atoms with Gasteiger partial charge in [0.1, 0.15) is 16.1 Å². The topological polar surface area (TPSA) is 148 Å². The minimum absolute atomic E-state index is 0.00548. The molecule has 0 saturated heterocycles. The predicted molar refractivity (Wildman–Crippen MR) is 137 cm³/mol. The number of nitrogens with two attached hydrogens (primary N) is 1. The molecule has 11 nitrogen and oxygen atoms in total. The lowest BCUT2D eigenvalue weighted by atomic mass is 10.1. The molecule has 5 rings (SSSR count). The van der Waals surface area contributed by atoms with Gasteiger partial charge in [0.05, 0.1) is 26.2 Å². The average Bonchev–Trinajstić information content (AvgIpc) is 3.60. The first-order chi connectivity index (χ1) is 17.7. The SMILES string of the molecule is COc1cc(-c2nc3sc(=Cc4ccc(-c5ccc(S(N)(=O)=O)cc5)o4)c(=O)n3n2)cc(OC)c1OC. The molecule has 37 heavy (non-hydrogen) atoms. The lowest BCUT2D eigenvalue weighted by Gasteiger charge is -2.12. The predicted octanol–water partition coefficient (Wildman–Crippen LogP) is 2.30. The fourth-order valence-electron chi connectivity index (χ4n) is 3.69. The first-order valence-corrected chi connectivity index (χ1v) is 13.0. The molecule has 0 aliphatic carbocycles. The number of sulfonamides is 1. The zero-order valence-electron chi connectivity index (χ0n) is 19.8. The van der Waals surface area contributed by atoms with E-state index in [1.165, 1.54) is 49.3 Å². The number of methoxy groups -OCH3 is 3. The van der Waals surface area contributed by atoms with Gasteiger partial charge in [-0.25, -0.2) is 13.6 Å². The molecule has 2 N–H and O–H groups in total. The third kappa shape index (κ3) is 4.55. The molecular weight excluding hydrogens is 520 g/mol. The van der Waals surface area contributed by atoms with E-state index in [9.17, 15) is 13.2 Å². The van der Waals surface area contributed by atoms with Gasteiger partial charge in [-0.2, -0.15) is 9.50 Å². The van der Waals surface area contributed by atoms with E-state index in [1.807, 2.05) is 0 Å². The Morgan fingerprint density at radius 1 is 0.973 bits per heavy atom. The van der Waals surface area contributed by atoms with Crippen molar-refractivity contribution in [1.29, 1.82) is 0 Å². The van der Waals surface area contributed by atoms with Gasteiger partial charge in [0.2, 0.25) is 20.7 Å². The van der Waals surface area contributed by atoms with Gasteiger partial charge in [0, 0.05) is 17.2 Å². The van der Waals surface area contributed by atoms with Gasteiger partial charge in [-0.3, -0.25) is 4.79 Å². The molecule has 3 heterocycles. The molecule has 5 aromatic rings. The summed E-state index contributed by atoms with van der Waals surface area (Å²) in [5.41, 5.74) is 0.910. The van der Waals surface area contributed by atoms with Crippen molar-refractivity contribution in [2.45, 2.75) is 4.90 Å². The molecule has 0 amide bonds. The number of aromatic nitrogens is 3. The molecule has 0 saturated carbocycles. The summed E-state index contributed by atoms with van der Waals surface area (Å²) in [6, 6.07) is 12.8. The van der Waals surface area contributed by atoms with Crippen LogP contribution in [0, 0.1) is 0 Å². The van der Waals surface area contributed by atoms with Crippen LogP contribution in [-0.2, 0) is 10.0 Å². The number of nitrogens with zero attached hydrogens (tertiary/aromatic N) is 3.